The topological polar surface area (TPSA) is 218 Å². The smallest absolute Gasteiger partial charge is 0.189 e. The highest BCUT2D eigenvalue weighted by molar-refractivity contribution is 4.95. The van der Waals surface area contributed by atoms with Crippen molar-refractivity contribution < 1.29 is 50.0 Å². The Morgan fingerprint density at radius 1 is 0.800 bits per heavy atom. The summed E-state index contributed by atoms with van der Waals surface area (Å²) in [7, 11) is 0. The zero-order chi connectivity index (χ0) is 18.7. The lowest BCUT2D eigenvalue weighted by molar-refractivity contribution is -0.368. The Hall–Kier alpha value is -1.09. The van der Waals surface area contributed by atoms with Gasteiger partial charge in [-0.3, -0.25) is 0 Å². The molecule has 4 unspecified atom stereocenters. The van der Waals surface area contributed by atoms with Crippen LogP contribution in [-0.4, -0.2) is 110 Å². The first kappa shape index (κ1) is 20.2. The molecule has 7 N–H and O–H groups in total. The second-order valence-electron chi connectivity index (χ2n) is 5.74. The van der Waals surface area contributed by atoms with Crippen molar-refractivity contribution in [1.82, 2.24) is 0 Å². The number of hydrogen-bond donors (Lipinski definition) is 7. The van der Waals surface area contributed by atoms with Crippen LogP contribution in [0.4, 0.5) is 0 Å². The fraction of sp³-hybridized carbons (Fsp3) is 1.00. The Morgan fingerprint density at radius 2 is 1.32 bits per heavy atom. The van der Waals surface area contributed by atoms with Gasteiger partial charge < -0.3 is 50.0 Å². The molecule has 0 aliphatic carbocycles. The van der Waals surface area contributed by atoms with Gasteiger partial charge in [0.05, 0.1) is 31.5 Å². The quantitative estimate of drug-likeness (QED) is 0.141. The third kappa shape index (κ3) is 4.02. The van der Waals surface area contributed by atoms with Gasteiger partial charge in [0.15, 0.2) is 12.6 Å². The molecule has 0 aromatic carbocycles. The van der Waals surface area contributed by atoms with E-state index in [2.05, 4.69) is 10.0 Å². The van der Waals surface area contributed by atoms with Crippen LogP contribution in [-0.2, 0) is 14.2 Å². The van der Waals surface area contributed by atoms with E-state index in [1.807, 2.05) is 0 Å². The lowest BCUT2D eigenvalue weighted by Crippen LogP contribution is -2.63. The number of aliphatic hydroxyl groups is 7. The number of hydrogen-bond acceptors (Lipinski definition) is 11. The first-order valence-corrected chi connectivity index (χ1v) is 7.48. The summed E-state index contributed by atoms with van der Waals surface area (Å²) in [5.41, 5.74) is 8.48. The average molecular weight is 367 g/mol. The van der Waals surface area contributed by atoms with Crippen LogP contribution in [0.15, 0.2) is 5.11 Å². The van der Waals surface area contributed by atoms with E-state index in [1.165, 1.54) is 0 Å². The molecule has 0 radical (unpaired) electrons. The summed E-state index contributed by atoms with van der Waals surface area (Å²) in [6.45, 7) is -1.35. The molecule has 144 valence electrons. The van der Waals surface area contributed by atoms with Crippen LogP contribution in [0.5, 0.6) is 0 Å². The normalized spacial score (nSPS) is 48.0. The molecule has 25 heavy (non-hydrogen) atoms. The molecule has 0 aromatic rings. The number of nitrogens with zero attached hydrogens (tertiary/aromatic N) is 3. The second kappa shape index (κ2) is 8.53. The van der Waals surface area contributed by atoms with Crippen LogP contribution in [0.3, 0.4) is 0 Å². The van der Waals surface area contributed by atoms with Crippen LogP contribution in [0.2, 0.25) is 0 Å². The number of aliphatic hydroxyl groups excluding tert-OH is 7. The van der Waals surface area contributed by atoms with Crippen molar-refractivity contribution in [1.29, 1.82) is 0 Å². The maximum atomic E-state index is 10.0. The van der Waals surface area contributed by atoms with Gasteiger partial charge in [-0.25, -0.2) is 0 Å². The molecule has 2 saturated heterocycles. The van der Waals surface area contributed by atoms with Gasteiger partial charge in [-0.2, -0.15) is 0 Å². The molecule has 0 spiro atoms. The maximum Gasteiger partial charge on any atom is 0.189 e. The highest BCUT2D eigenvalue weighted by atomic mass is 16.8. The van der Waals surface area contributed by atoms with Crippen LogP contribution in [0, 0.1) is 0 Å². The zero-order valence-corrected chi connectivity index (χ0v) is 12.9. The van der Waals surface area contributed by atoms with Gasteiger partial charge in [-0.05, 0) is 5.53 Å². The second-order valence-corrected chi connectivity index (χ2v) is 5.74. The molecule has 13 nitrogen and oxygen atoms in total. The minimum atomic E-state index is -1.74. The first-order chi connectivity index (χ1) is 11.8. The van der Waals surface area contributed by atoms with Crippen LogP contribution in [0.25, 0.3) is 10.4 Å². The highest BCUT2D eigenvalue weighted by Crippen LogP contribution is 2.29. The number of rotatable bonds is 5. The Bertz CT molecular complexity index is 488. The summed E-state index contributed by atoms with van der Waals surface area (Å²) in [5, 5.41) is 71.0. The molecule has 0 bridgehead atoms. The Labute approximate surface area is 141 Å². The lowest BCUT2D eigenvalue weighted by Gasteiger charge is -2.44. The summed E-state index contributed by atoms with van der Waals surface area (Å²) >= 11 is 0. The van der Waals surface area contributed by atoms with Crippen molar-refractivity contribution in [3.05, 3.63) is 10.4 Å². The predicted octanol–water partition coefficient (Wildman–Crippen LogP) is -4.08. The Kier molecular flexibility index (Phi) is 6.90. The molecule has 2 heterocycles. The van der Waals surface area contributed by atoms with Gasteiger partial charge in [0.2, 0.25) is 0 Å². The number of ether oxygens (including phenoxy) is 3. The SMILES string of the molecule is [N-]=[N+]=N[C@@H]1C(CO)O[C@H](O[C@H]2OC(CO)[C@@H](O)C(O)[C@H]2O)C(O)[C@H]1O. The minimum absolute atomic E-state index is 0.665. The van der Waals surface area contributed by atoms with E-state index in [0.717, 1.165) is 0 Å². The minimum Gasteiger partial charge on any atom is -0.394 e. The van der Waals surface area contributed by atoms with E-state index >= 15 is 0 Å². The fourth-order valence-corrected chi connectivity index (χ4v) is 2.69. The monoisotopic (exact) mass is 367 g/mol. The van der Waals surface area contributed by atoms with E-state index in [0.29, 0.717) is 0 Å². The van der Waals surface area contributed by atoms with Crippen LogP contribution >= 0.6 is 0 Å². The van der Waals surface area contributed by atoms with Crippen LogP contribution < -0.4 is 0 Å². The van der Waals surface area contributed by atoms with E-state index in [4.69, 9.17) is 24.8 Å². The first-order valence-electron chi connectivity index (χ1n) is 7.48. The average Bonchev–Trinajstić information content (AvgIpc) is 2.61. The summed E-state index contributed by atoms with van der Waals surface area (Å²) in [6, 6.07) is -1.28. The van der Waals surface area contributed by atoms with Crippen molar-refractivity contribution in [2.45, 2.75) is 61.3 Å². The van der Waals surface area contributed by atoms with Gasteiger partial charge >= 0.3 is 0 Å². The van der Waals surface area contributed by atoms with Crippen molar-refractivity contribution in [2.24, 2.45) is 5.11 Å². The molecule has 0 amide bonds. The van der Waals surface area contributed by atoms with Gasteiger partial charge in [-0.15, -0.1) is 0 Å². The molecule has 10 atom stereocenters. The molecule has 2 aliphatic rings. The van der Waals surface area contributed by atoms with E-state index in [9.17, 15) is 30.6 Å². The van der Waals surface area contributed by atoms with Gasteiger partial charge in [-0.1, -0.05) is 5.11 Å². The largest absolute Gasteiger partial charge is 0.394 e. The summed E-state index contributed by atoms with van der Waals surface area (Å²) < 4.78 is 15.5. The molecule has 2 aliphatic heterocycles. The molecular weight excluding hydrogens is 346 g/mol. The Balaban J connectivity index is 2.12. The summed E-state index contributed by atoms with van der Waals surface area (Å²) in [6.07, 6.45) is -14.1. The van der Waals surface area contributed by atoms with E-state index < -0.39 is 74.6 Å². The lowest BCUT2D eigenvalue weighted by atomic mass is 9.97. The van der Waals surface area contributed by atoms with Crippen molar-refractivity contribution >= 4 is 0 Å². The van der Waals surface area contributed by atoms with Gasteiger partial charge in [0.1, 0.15) is 30.5 Å². The van der Waals surface area contributed by atoms with Gasteiger partial charge in [0.25, 0.3) is 0 Å². The standard InChI is InChI=1S/C12H21N3O10/c13-15-14-5-3(1-16)23-11(9(21)7(5)19)25-12-10(22)8(20)6(18)4(2-17)24-12/h3-12,16-22H,1-2H2/t3?,4?,5-,6-,7+,8?,9?,10-,11-,12-/m1/s1. The molecule has 13 heteroatoms. The van der Waals surface area contributed by atoms with Crippen molar-refractivity contribution in [2.75, 3.05) is 13.2 Å². The van der Waals surface area contributed by atoms with Crippen molar-refractivity contribution in [3.8, 4) is 0 Å². The molecule has 2 rings (SSSR count). The third-order valence-electron chi connectivity index (χ3n) is 4.15. The maximum absolute atomic E-state index is 10.0. The summed E-state index contributed by atoms with van der Waals surface area (Å²) in [4.78, 5) is 2.50. The predicted molar refractivity (Wildman–Crippen MR) is 75.5 cm³/mol. The molecular formula is C12H21N3O10. The Morgan fingerprint density at radius 3 is 1.84 bits per heavy atom. The van der Waals surface area contributed by atoms with E-state index in [1.54, 1.807) is 0 Å². The van der Waals surface area contributed by atoms with Gasteiger partial charge in [0, 0.05) is 4.91 Å². The number of azide groups is 1. The van der Waals surface area contributed by atoms with Crippen molar-refractivity contribution in [3.63, 3.8) is 0 Å². The third-order valence-corrected chi connectivity index (χ3v) is 4.15. The molecule has 0 aromatic heterocycles. The van der Waals surface area contributed by atoms with E-state index in [-0.39, 0.29) is 0 Å². The fourth-order valence-electron chi connectivity index (χ4n) is 2.69. The zero-order valence-electron chi connectivity index (χ0n) is 12.9. The summed E-state index contributed by atoms with van der Waals surface area (Å²) in [5.74, 6) is 0. The molecule has 2 fully saturated rings. The highest BCUT2D eigenvalue weighted by Gasteiger charge is 2.49. The molecule has 0 saturated carbocycles. The van der Waals surface area contributed by atoms with Crippen LogP contribution in [0.1, 0.15) is 0 Å².